The fraction of sp³-hybridized carbons (Fsp3) is 0.846. The van der Waals surface area contributed by atoms with Crippen molar-refractivity contribution in [3.05, 3.63) is 0 Å². The standard InChI is InChI=1S/C13H21NO7S/c1-12(2,3)21-11(17)14-7-13(8-14)9(20-6-10(15)16)4-5-22(13,18)19/h9H,4-8H2,1-3H3,(H,15,16)/t9-/m0/s1. The minimum absolute atomic E-state index is 0.0193. The van der Waals surface area contributed by atoms with Gasteiger partial charge in [0.25, 0.3) is 0 Å². The number of carboxylic acids is 1. The average molecular weight is 335 g/mol. The summed E-state index contributed by atoms with van der Waals surface area (Å²) in [7, 11) is -3.42. The number of nitrogens with zero attached hydrogens (tertiary/aromatic N) is 1. The Morgan fingerprint density at radius 3 is 2.41 bits per heavy atom. The van der Waals surface area contributed by atoms with Gasteiger partial charge in [0.05, 0.1) is 11.9 Å². The summed E-state index contributed by atoms with van der Waals surface area (Å²) in [5.74, 6) is -1.21. The molecule has 2 rings (SSSR count). The van der Waals surface area contributed by atoms with E-state index in [0.717, 1.165) is 0 Å². The fourth-order valence-corrected chi connectivity index (χ4v) is 5.01. The number of carboxylic acid groups (broad SMARTS) is 1. The monoisotopic (exact) mass is 335 g/mol. The van der Waals surface area contributed by atoms with E-state index in [1.54, 1.807) is 20.8 Å². The van der Waals surface area contributed by atoms with E-state index in [1.165, 1.54) is 4.90 Å². The van der Waals surface area contributed by atoms with Gasteiger partial charge in [-0.05, 0) is 27.2 Å². The topological polar surface area (TPSA) is 110 Å². The van der Waals surface area contributed by atoms with Gasteiger partial charge in [-0.25, -0.2) is 18.0 Å². The summed E-state index contributed by atoms with van der Waals surface area (Å²) in [6.45, 7) is 4.60. The lowest BCUT2D eigenvalue weighted by Crippen LogP contribution is -2.70. The molecule has 2 saturated heterocycles. The van der Waals surface area contributed by atoms with Gasteiger partial charge in [0.2, 0.25) is 0 Å². The van der Waals surface area contributed by atoms with Crippen molar-refractivity contribution in [3.8, 4) is 0 Å². The Morgan fingerprint density at radius 1 is 1.32 bits per heavy atom. The molecule has 1 N–H and O–H groups in total. The third kappa shape index (κ3) is 3.05. The van der Waals surface area contributed by atoms with Gasteiger partial charge in [-0.15, -0.1) is 0 Å². The largest absolute Gasteiger partial charge is 0.480 e. The second kappa shape index (κ2) is 5.38. The van der Waals surface area contributed by atoms with Crippen LogP contribution in [0.25, 0.3) is 0 Å². The molecule has 126 valence electrons. The molecule has 0 saturated carbocycles. The molecule has 8 nitrogen and oxygen atoms in total. The molecule has 0 bridgehead atoms. The van der Waals surface area contributed by atoms with Crippen molar-refractivity contribution in [2.75, 3.05) is 25.4 Å². The van der Waals surface area contributed by atoms with Crippen LogP contribution in [0.5, 0.6) is 0 Å². The summed E-state index contributed by atoms with van der Waals surface area (Å²) in [5.41, 5.74) is -0.659. The smallest absolute Gasteiger partial charge is 0.410 e. The molecule has 0 radical (unpaired) electrons. The maximum absolute atomic E-state index is 12.3. The number of rotatable bonds is 3. The summed E-state index contributed by atoms with van der Waals surface area (Å²) in [5, 5.41) is 8.67. The second-order valence-corrected chi connectivity index (χ2v) is 9.15. The van der Waals surface area contributed by atoms with Crippen LogP contribution >= 0.6 is 0 Å². The Bertz CT molecular complexity index is 572. The van der Waals surface area contributed by atoms with E-state index >= 15 is 0 Å². The molecular formula is C13H21NO7S. The number of aliphatic carboxylic acids is 1. The molecule has 0 unspecified atom stereocenters. The van der Waals surface area contributed by atoms with E-state index in [4.69, 9.17) is 14.6 Å². The molecule has 1 atom stereocenters. The van der Waals surface area contributed by atoms with Crippen molar-refractivity contribution in [2.24, 2.45) is 0 Å². The van der Waals surface area contributed by atoms with Gasteiger partial charge in [-0.1, -0.05) is 0 Å². The Morgan fingerprint density at radius 2 is 1.91 bits per heavy atom. The first-order valence-corrected chi connectivity index (χ1v) is 8.66. The first-order valence-electron chi connectivity index (χ1n) is 7.00. The predicted octanol–water partition coefficient (Wildman–Crippen LogP) is 0.264. The van der Waals surface area contributed by atoms with Crippen LogP contribution in [0.3, 0.4) is 0 Å². The molecule has 0 aromatic rings. The van der Waals surface area contributed by atoms with Crippen molar-refractivity contribution < 1.29 is 32.6 Å². The Hall–Kier alpha value is -1.35. The summed E-state index contributed by atoms with van der Waals surface area (Å²) >= 11 is 0. The van der Waals surface area contributed by atoms with E-state index in [9.17, 15) is 18.0 Å². The number of hydrogen-bond acceptors (Lipinski definition) is 6. The molecule has 9 heteroatoms. The maximum Gasteiger partial charge on any atom is 0.410 e. The van der Waals surface area contributed by atoms with Crippen molar-refractivity contribution in [1.29, 1.82) is 0 Å². The number of sulfone groups is 1. The highest BCUT2D eigenvalue weighted by Crippen LogP contribution is 2.42. The first kappa shape index (κ1) is 17.0. The number of carbonyl (C=O) groups excluding carboxylic acids is 1. The molecule has 22 heavy (non-hydrogen) atoms. The van der Waals surface area contributed by atoms with Gasteiger partial charge in [-0.3, -0.25) is 0 Å². The molecule has 1 spiro atoms. The molecule has 2 aliphatic rings. The zero-order valence-electron chi connectivity index (χ0n) is 12.9. The fourth-order valence-electron chi connectivity index (χ4n) is 2.79. The van der Waals surface area contributed by atoms with Crippen molar-refractivity contribution >= 4 is 21.9 Å². The van der Waals surface area contributed by atoms with Crippen molar-refractivity contribution in [3.63, 3.8) is 0 Å². The lowest BCUT2D eigenvalue weighted by atomic mass is 9.91. The summed E-state index contributed by atoms with van der Waals surface area (Å²) < 4.78 is 33.8. The molecule has 0 aromatic heterocycles. The number of carbonyl (C=O) groups is 2. The highest BCUT2D eigenvalue weighted by atomic mass is 32.2. The van der Waals surface area contributed by atoms with Crippen LogP contribution in [0.4, 0.5) is 4.79 Å². The van der Waals surface area contributed by atoms with Gasteiger partial charge in [0.15, 0.2) is 9.84 Å². The van der Waals surface area contributed by atoms with Crippen molar-refractivity contribution in [2.45, 2.75) is 43.6 Å². The van der Waals surface area contributed by atoms with Crippen LogP contribution < -0.4 is 0 Å². The average Bonchev–Trinajstić information content (AvgIpc) is 2.53. The van der Waals surface area contributed by atoms with E-state index in [1.807, 2.05) is 0 Å². The molecule has 1 amide bonds. The number of amides is 1. The Kier molecular flexibility index (Phi) is 4.16. The SMILES string of the molecule is CC(C)(C)OC(=O)N1CC2(C1)[C@@H](OCC(=O)O)CCS2(=O)=O. The molecular weight excluding hydrogens is 314 g/mol. The van der Waals surface area contributed by atoms with E-state index in [2.05, 4.69) is 0 Å². The van der Waals surface area contributed by atoms with Crippen LogP contribution in [0.1, 0.15) is 27.2 Å². The number of ether oxygens (including phenoxy) is 2. The quantitative estimate of drug-likeness (QED) is 0.788. The summed E-state index contributed by atoms with van der Waals surface area (Å²) in [6.07, 6.45) is -1.03. The van der Waals surface area contributed by atoms with E-state index < -0.39 is 45.0 Å². The minimum atomic E-state index is -3.42. The van der Waals surface area contributed by atoms with Crippen LogP contribution in [-0.4, -0.2) is 72.4 Å². The van der Waals surface area contributed by atoms with Gasteiger partial charge >= 0.3 is 12.1 Å². The third-order valence-electron chi connectivity index (χ3n) is 3.83. The highest BCUT2D eigenvalue weighted by Gasteiger charge is 2.64. The normalized spacial score (nSPS) is 25.8. The van der Waals surface area contributed by atoms with Crippen LogP contribution in [0.15, 0.2) is 0 Å². The minimum Gasteiger partial charge on any atom is -0.480 e. The molecule has 2 heterocycles. The van der Waals surface area contributed by atoms with E-state index in [0.29, 0.717) is 0 Å². The second-order valence-electron chi connectivity index (χ2n) is 6.70. The maximum atomic E-state index is 12.3. The molecule has 2 aliphatic heterocycles. The first-order chi connectivity index (χ1) is 9.97. The Balaban J connectivity index is 2.06. The molecule has 2 fully saturated rings. The lowest BCUT2D eigenvalue weighted by Gasteiger charge is -2.49. The summed E-state index contributed by atoms with van der Waals surface area (Å²) in [4.78, 5) is 23.9. The van der Waals surface area contributed by atoms with Crippen LogP contribution in [-0.2, 0) is 24.1 Å². The van der Waals surface area contributed by atoms with Crippen LogP contribution in [0.2, 0.25) is 0 Å². The molecule has 0 aliphatic carbocycles. The van der Waals surface area contributed by atoms with Gasteiger partial charge in [-0.2, -0.15) is 0 Å². The van der Waals surface area contributed by atoms with Gasteiger partial charge in [0.1, 0.15) is 17.0 Å². The van der Waals surface area contributed by atoms with Crippen LogP contribution in [0, 0.1) is 0 Å². The predicted molar refractivity (Wildman–Crippen MR) is 76.3 cm³/mol. The highest BCUT2D eigenvalue weighted by molar-refractivity contribution is 7.93. The number of likely N-dealkylation sites (tertiary alicyclic amines) is 1. The van der Waals surface area contributed by atoms with E-state index in [-0.39, 0.29) is 25.3 Å². The lowest BCUT2D eigenvalue weighted by molar-refractivity contribution is -0.146. The third-order valence-corrected chi connectivity index (χ3v) is 6.36. The zero-order valence-corrected chi connectivity index (χ0v) is 13.7. The molecule has 0 aromatic carbocycles. The van der Waals surface area contributed by atoms with Crippen molar-refractivity contribution in [1.82, 2.24) is 4.90 Å². The van der Waals surface area contributed by atoms with Gasteiger partial charge in [0, 0.05) is 13.1 Å². The Labute approximate surface area is 129 Å². The zero-order chi connectivity index (χ0) is 16.8. The summed E-state index contributed by atoms with van der Waals surface area (Å²) in [6, 6.07) is 0. The number of hydrogen-bond donors (Lipinski definition) is 1. The van der Waals surface area contributed by atoms with Gasteiger partial charge < -0.3 is 19.5 Å².